The second-order valence-electron chi connectivity index (χ2n) is 7.96. The number of nitrogens with one attached hydrogen (secondary N) is 1. The first-order valence-corrected chi connectivity index (χ1v) is 9.60. The summed E-state index contributed by atoms with van der Waals surface area (Å²) in [6.45, 7) is 6.58. The summed E-state index contributed by atoms with van der Waals surface area (Å²) < 4.78 is 0. The summed E-state index contributed by atoms with van der Waals surface area (Å²) in [4.78, 5) is 13.8. The van der Waals surface area contributed by atoms with Gasteiger partial charge in [-0.2, -0.15) is 0 Å². The third-order valence-corrected chi connectivity index (χ3v) is 5.47. The SMILES string of the molecule is CC(=O)NC1(C)CCN(Cc2ccc(-c3ccc4ccccc4c3)cc2)C1. The number of carbonyl (C=O) groups is 1. The van der Waals surface area contributed by atoms with E-state index in [4.69, 9.17) is 0 Å². The van der Waals surface area contributed by atoms with Crippen molar-refractivity contribution in [3.05, 3.63) is 72.3 Å². The molecule has 3 aromatic rings. The Labute approximate surface area is 161 Å². The van der Waals surface area contributed by atoms with Gasteiger partial charge in [-0.05, 0) is 46.9 Å². The van der Waals surface area contributed by atoms with E-state index in [9.17, 15) is 4.79 Å². The van der Waals surface area contributed by atoms with Gasteiger partial charge >= 0.3 is 0 Å². The van der Waals surface area contributed by atoms with Gasteiger partial charge in [-0.15, -0.1) is 0 Å². The highest BCUT2D eigenvalue weighted by molar-refractivity contribution is 5.87. The Morgan fingerprint density at radius 1 is 1.00 bits per heavy atom. The van der Waals surface area contributed by atoms with E-state index in [1.165, 1.54) is 27.5 Å². The van der Waals surface area contributed by atoms with E-state index in [0.29, 0.717) is 0 Å². The Morgan fingerprint density at radius 3 is 2.44 bits per heavy atom. The van der Waals surface area contributed by atoms with E-state index >= 15 is 0 Å². The number of amides is 1. The average molecular weight is 358 g/mol. The highest BCUT2D eigenvalue weighted by Gasteiger charge is 2.34. The molecule has 0 spiro atoms. The lowest BCUT2D eigenvalue weighted by molar-refractivity contribution is -0.120. The minimum atomic E-state index is -0.100. The molecule has 0 aromatic heterocycles. The van der Waals surface area contributed by atoms with Crippen molar-refractivity contribution in [3.8, 4) is 11.1 Å². The summed E-state index contributed by atoms with van der Waals surface area (Å²) in [6.07, 6.45) is 1.00. The molecule has 4 rings (SSSR count). The van der Waals surface area contributed by atoms with E-state index in [-0.39, 0.29) is 11.4 Å². The highest BCUT2D eigenvalue weighted by atomic mass is 16.1. The molecule has 1 unspecified atom stereocenters. The number of likely N-dealkylation sites (tertiary alicyclic amines) is 1. The minimum absolute atomic E-state index is 0.0547. The van der Waals surface area contributed by atoms with Crippen LogP contribution in [0, 0.1) is 0 Å². The van der Waals surface area contributed by atoms with E-state index in [1.54, 1.807) is 6.92 Å². The first-order valence-electron chi connectivity index (χ1n) is 9.60. The van der Waals surface area contributed by atoms with Gasteiger partial charge in [0, 0.05) is 26.6 Å². The maximum atomic E-state index is 11.4. The molecular formula is C24H26N2O. The zero-order valence-electron chi connectivity index (χ0n) is 16.0. The number of nitrogens with zero attached hydrogens (tertiary/aromatic N) is 1. The lowest BCUT2D eigenvalue weighted by atomic mass is 10.00. The van der Waals surface area contributed by atoms with Crippen LogP contribution < -0.4 is 5.32 Å². The number of benzene rings is 3. The zero-order chi connectivity index (χ0) is 18.9. The van der Waals surface area contributed by atoms with E-state index in [1.807, 2.05) is 0 Å². The Bertz CT molecular complexity index is 964. The van der Waals surface area contributed by atoms with Crippen LogP contribution in [0.15, 0.2) is 66.7 Å². The second kappa shape index (κ2) is 7.16. The van der Waals surface area contributed by atoms with Crippen LogP contribution in [0.3, 0.4) is 0 Å². The standard InChI is InChI=1S/C24H26N2O/c1-18(27)25-24(2)13-14-26(17-24)16-19-7-9-21(10-8-19)23-12-11-20-5-3-4-6-22(20)15-23/h3-12,15H,13-14,16-17H2,1-2H3,(H,25,27). The molecule has 1 N–H and O–H groups in total. The van der Waals surface area contributed by atoms with Crippen molar-refractivity contribution in [2.24, 2.45) is 0 Å². The van der Waals surface area contributed by atoms with Crippen molar-refractivity contribution in [3.63, 3.8) is 0 Å². The Balaban J connectivity index is 1.45. The van der Waals surface area contributed by atoms with E-state index < -0.39 is 0 Å². The van der Waals surface area contributed by atoms with Crippen LogP contribution in [0.2, 0.25) is 0 Å². The number of fused-ring (bicyclic) bond motifs is 1. The van der Waals surface area contributed by atoms with Gasteiger partial charge in [-0.3, -0.25) is 9.69 Å². The lowest BCUT2D eigenvalue weighted by Crippen LogP contribution is -2.46. The van der Waals surface area contributed by atoms with Crippen LogP contribution in [-0.2, 0) is 11.3 Å². The largest absolute Gasteiger partial charge is 0.350 e. The van der Waals surface area contributed by atoms with Gasteiger partial charge in [0.15, 0.2) is 0 Å². The van der Waals surface area contributed by atoms with Crippen molar-refractivity contribution < 1.29 is 4.79 Å². The molecule has 27 heavy (non-hydrogen) atoms. The van der Waals surface area contributed by atoms with Crippen molar-refractivity contribution in [1.82, 2.24) is 10.2 Å². The predicted molar refractivity (Wildman–Crippen MR) is 111 cm³/mol. The molecule has 138 valence electrons. The molecule has 0 aliphatic carbocycles. The van der Waals surface area contributed by atoms with Gasteiger partial charge in [0.2, 0.25) is 5.91 Å². The summed E-state index contributed by atoms with van der Waals surface area (Å²) in [5, 5.41) is 5.64. The molecule has 3 aromatic carbocycles. The molecular weight excluding hydrogens is 332 g/mol. The maximum absolute atomic E-state index is 11.4. The van der Waals surface area contributed by atoms with Crippen LogP contribution in [0.5, 0.6) is 0 Å². The molecule has 3 nitrogen and oxygen atoms in total. The molecule has 1 amide bonds. The van der Waals surface area contributed by atoms with Crippen LogP contribution >= 0.6 is 0 Å². The number of hydrogen-bond donors (Lipinski definition) is 1. The predicted octanol–water partition coefficient (Wildman–Crippen LogP) is 4.61. The van der Waals surface area contributed by atoms with E-state index in [2.05, 4.69) is 83.9 Å². The second-order valence-corrected chi connectivity index (χ2v) is 7.96. The molecule has 1 aliphatic rings. The molecule has 3 heteroatoms. The molecule has 0 radical (unpaired) electrons. The minimum Gasteiger partial charge on any atom is -0.350 e. The van der Waals surface area contributed by atoms with Gasteiger partial charge in [-0.1, -0.05) is 60.7 Å². The Hall–Kier alpha value is -2.65. The fourth-order valence-corrected chi connectivity index (χ4v) is 4.15. The number of carbonyl (C=O) groups excluding carboxylic acids is 1. The topological polar surface area (TPSA) is 32.3 Å². The van der Waals surface area contributed by atoms with Gasteiger partial charge < -0.3 is 5.32 Å². The number of rotatable bonds is 4. The van der Waals surface area contributed by atoms with Crippen LogP contribution in [0.1, 0.15) is 25.8 Å². The van der Waals surface area contributed by atoms with Crippen LogP contribution in [0.4, 0.5) is 0 Å². The maximum Gasteiger partial charge on any atom is 0.217 e. The van der Waals surface area contributed by atoms with Gasteiger partial charge in [-0.25, -0.2) is 0 Å². The molecule has 1 fully saturated rings. The highest BCUT2D eigenvalue weighted by Crippen LogP contribution is 2.26. The van der Waals surface area contributed by atoms with Crippen molar-refractivity contribution in [2.45, 2.75) is 32.4 Å². The van der Waals surface area contributed by atoms with Gasteiger partial charge in [0.1, 0.15) is 0 Å². The molecule has 1 atom stereocenters. The third-order valence-electron chi connectivity index (χ3n) is 5.47. The first kappa shape index (κ1) is 17.7. The quantitative estimate of drug-likeness (QED) is 0.739. The van der Waals surface area contributed by atoms with E-state index in [0.717, 1.165) is 26.1 Å². The monoisotopic (exact) mass is 358 g/mol. The smallest absolute Gasteiger partial charge is 0.217 e. The van der Waals surface area contributed by atoms with Gasteiger partial charge in [0.25, 0.3) is 0 Å². The first-order chi connectivity index (χ1) is 13.0. The summed E-state index contributed by atoms with van der Waals surface area (Å²) in [5.74, 6) is 0.0547. The molecule has 1 aliphatic heterocycles. The molecule has 1 heterocycles. The molecule has 1 saturated heterocycles. The lowest BCUT2D eigenvalue weighted by Gasteiger charge is -2.25. The summed E-state index contributed by atoms with van der Waals surface area (Å²) >= 11 is 0. The Morgan fingerprint density at radius 2 is 1.70 bits per heavy atom. The average Bonchev–Trinajstić information content (AvgIpc) is 3.01. The molecule has 0 bridgehead atoms. The fraction of sp³-hybridized carbons (Fsp3) is 0.292. The third kappa shape index (κ3) is 4.04. The Kier molecular flexibility index (Phi) is 4.71. The summed E-state index contributed by atoms with van der Waals surface area (Å²) in [5.41, 5.74) is 3.71. The normalized spacial score (nSPS) is 20.1. The van der Waals surface area contributed by atoms with Crippen molar-refractivity contribution in [2.75, 3.05) is 13.1 Å². The van der Waals surface area contributed by atoms with Crippen LogP contribution in [-0.4, -0.2) is 29.4 Å². The summed E-state index contributed by atoms with van der Waals surface area (Å²) in [7, 11) is 0. The van der Waals surface area contributed by atoms with Crippen molar-refractivity contribution in [1.29, 1.82) is 0 Å². The fourth-order valence-electron chi connectivity index (χ4n) is 4.15. The van der Waals surface area contributed by atoms with Gasteiger partial charge in [0.05, 0.1) is 5.54 Å². The number of hydrogen-bond acceptors (Lipinski definition) is 2. The summed E-state index contributed by atoms with van der Waals surface area (Å²) in [6, 6.07) is 24.0. The zero-order valence-corrected chi connectivity index (χ0v) is 16.0. The van der Waals surface area contributed by atoms with Crippen molar-refractivity contribution >= 4 is 16.7 Å². The van der Waals surface area contributed by atoms with Crippen LogP contribution in [0.25, 0.3) is 21.9 Å². The molecule has 0 saturated carbocycles.